The topological polar surface area (TPSA) is 100 Å². The van der Waals surface area contributed by atoms with Crippen molar-refractivity contribution in [1.82, 2.24) is 14.8 Å². The van der Waals surface area contributed by atoms with Gasteiger partial charge >= 0.3 is 0 Å². The number of hydrogen-bond donors (Lipinski definition) is 1. The molecule has 0 aliphatic carbocycles. The Morgan fingerprint density at radius 2 is 2.05 bits per heavy atom. The lowest BCUT2D eigenvalue weighted by atomic mass is 10.1. The van der Waals surface area contributed by atoms with Gasteiger partial charge in [-0.3, -0.25) is 4.57 Å². The molecule has 1 aliphatic rings. The quantitative estimate of drug-likeness (QED) is 0.917. The number of nitrogens with two attached hydrogens (primary N) is 1. The summed E-state index contributed by atoms with van der Waals surface area (Å²) in [5.41, 5.74) is 1.07. The molecule has 112 valence electrons. The Kier molecular flexibility index (Phi) is 3.22. The molecule has 0 saturated heterocycles. The predicted molar refractivity (Wildman–Crippen MR) is 75.3 cm³/mol. The van der Waals surface area contributed by atoms with Crippen LogP contribution < -0.4 is 9.88 Å². The molecule has 0 radical (unpaired) electrons. The number of para-hydroxylation sites is 1. The Morgan fingerprint density at radius 3 is 2.67 bits per heavy atom. The molecule has 21 heavy (non-hydrogen) atoms. The molecule has 0 bridgehead atoms. The van der Waals surface area contributed by atoms with Gasteiger partial charge in [0.15, 0.2) is 11.9 Å². The molecule has 1 unspecified atom stereocenters. The van der Waals surface area contributed by atoms with Gasteiger partial charge in [-0.05, 0) is 25.5 Å². The van der Waals surface area contributed by atoms with E-state index in [2.05, 4.69) is 10.2 Å². The van der Waals surface area contributed by atoms with Crippen molar-refractivity contribution in [2.24, 2.45) is 5.14 Å². The van der Waals surface area contributed by atoms with Crippen molar-refractivity contribution in [2.75, 3.05) is 0 Å². The lowest BCUT2D eigenvalue weighted by Gasteiger charge is -2.16. The van der Waals surface area contributed by atoms with Crippen LogP contribution in [0.25, 0.3) is 0 Å². The number of primary sulfonamides is 1. The smallest absolute Gasteiger partial charge is 0.273 e. The van der Waals surface area contributed by atoms with Gasteiger partial charge in [0, 0.05) is 12.5 Å². The molecule has 3 rings (SSSR count). The summed E-state index contributed by atoms with van der Waals surface area (Å²) in [4.78, 5) is 0. The van der Waals surface area contributed by atoms with Gasteiger partial charge in [0.25, 0.3) is 15.2 Å². The maximum absolute atomic E-state index is 11.6. The van der Waals surface area contributed by atoms with E-state index in [-0.39, 0.29) is 17.3 Å². The van der Waals surface area contributed by atoms with E-state index in [1.165, 1.54) is 4.57 Å². The number of rotatable bonds is 3. The van der Waals surface area contributed by atoms with Crippen LogP contribution in [-0.4, -0.2) is 23.2 Å². The molecule has 0 amide bonds. The first kappa shape index (κ1) is 14.0. The van der Waals surface area contributed by atoms with Gasteiger partial charge in [-0.1, -0.05) is 18.2 Å². The minimum absolute atomic E-state index is 0.143. The largest absolute Gasteiger partial charge is 0.482 e. The van der Waals surface area contributed by atoms with Crippen molar-refractivity contribution in [3.63, 3.8) is 0 Å². The van der Waals surface area contributed by atoms with Crippen LogP contribution in [0.2, 0.25) is 0 Å². The standard InChI is InChI=1S/C13H16N4O3S/c1-8(2)17-12(15-16-13(17)21(14,18)19)11-7-9-5-3-4-6-10(9)20-11/h3-6,8,11H,7H2,1-2H3,(H2,14,18,19). The Hall–Kier alpha value is -1.93. The molecule has 0 fully saturated rings. The van der Waals surface area contributed by atoms with Crippen molar-refractivity contribution >= 4 is 10.0 Å². The second-order valence-electron chi connectivity index (χ2n) is 5.27. The average Bonchev–Trinajstić information content (AvgIpc) is 3.01. The highest BCUT2D eigenvalue weighted by Gasteiger charge is 2.32. The molecule has 2 aromatic rings. The molecule has 1 aromatic carbocycles. The van der Waals surface area contributed by atoms with Crippen LogP contribution >= 0.6 is 0 Å². The fourth-order valence-corrected chi connectivity index (χ4v) is 3.25. The van der Waals surface area contributed by atoms with Crippen LogP contribution in [-0.2, 0) is 16.4 Å². The van der Waals surface area contributed by atoms with E-state index in [1.807, 2.05) is 38.1 Å². The van der Waals surface area contributed by atoms with E-state index in [1.54, 1.807) is 0 Å². The normalized spacial score (nSPS) is 17.8. The fourth-order valence-electron chi connectivity index (χ4n) is 2.51. The average molecular weight is 308 g/mol. The van der Waals surface area contributed by atoms with Crippen molar-refractivity contribution < 1.29 is 13.2 Å². The minimum Gasteiger partial charge on any atom is -0.482 e. The summed E-state index contributed by atoms with van der Waals surface area (Å²) in [5.74, 6) is 1.27. The second kappa shape index (κ2) is 4.81. The maximum Gasteiger partial charge on any atom is 0.273 e. The molecule has 1 aliphatic heterocycles. The highest BCUT2D eigenvalue weighted by atomic mass is 32.2. The minimum atomic E-state index is -3.92. The monoisotopic (exact) mass is 308 g/mol. The molecule has 1 aromatic heterocycles. The zero-order chi connectivity index (χ0) is 15.2. The highest BCUT2D eigenvalue weighted by Crippen LogP contribution is 2.36. The molecular formula is C13H16N4O3S. The SMILES string of the molecule is CC(C)n1c(C2Cc3ccccc3O2)nnc1S(N)(=O)=O. The van der Waals surface area contributed by atoms with Gasteiger partial charge in [-0.2, -0.15) is 0 Å². The highest BCUT2D eigenvalue weighted by molar-refractivity contribution is 7.89. The van der Waals surface area contributed by atoms with E-state index in [9.17, 15) is 8.42 Å². The lowest BCUT2D eigenvalue weighted by Crippen LogP contribution is -2.22. The van der Waals surface area contributed by atoms with Crippen LogP contribution in [0.4, 0.5) is 0 Å². The zero-order valence-corrected chi connectivity index (χ0v) is 12.5. The lowest BCUT2D eigenvalue weighted by molar-refractivity contribution is 0.217. The van der Waals surface area contributed by atoms with Crippen LogP contribution in [0.1, 0.15) is 37.4 Å². The molecule has 8 heteroatoms. The van der Waals surface area contributed by atoms with Crippen molar-refractivity contribution in [1.29, 1.82) is 0 Å². The fraction of sp³-hybridized carbons (Fsp3) is 0.385. The summed E-state index contributed by atoms with van der Waals surface area (Å²) in [6, 6.07) is 7.55. The second-order valence-corrected chi connectivity index (χ2v) is 6.72. The van der Waals surface area contributed by atoms with Crippen LogP contribution in [0, 0.1) is 0 Å². The summed E-state index contributed by atoms with van der Waals surface area (Å²) in [6.45, 7) is 3.70. The van der Waals surface area contributed by atoms with Gasteiger partial charge in [-0.15, -0.1) is 10.2 Å². The molecular weight excluding hydrogens is 292 g/mol. The number of aromatic nitrogens is 3. The summed E-state index contributed by atoms with van der Waals surface area (Å²) in [7, 11) is -3.92. The van der Waals surface area contributed by atoms with Gasteiger partial charge < -0.3 is 4.74 Å². The third-order valence-electron chi connectivity index (χ3n) is 3.40. The third kappa shape index (κ3) is 2.40. The van der Waals surface area contributed by atoms with E-state index in [4.69, 9.17) is 9.88 Å². The summed E-state index contributed by atoms with van der Waals surface area (Å²) < 4.78 is 30.6. The maximum atomic E-state index is 11.6. The van der Waals surface area contributed by atoms with Gasteiger partial charge in [0.1, 0.15) is 5.75 Å². The number of benzene rings is 1. The van der Waals surface area contributed by atoms with Crippen LogP contribution in [0.15, 0.2) is 29.4 Å². The molecule has 0 saturated carbocycles. The number of nitrogens with zero attached hydrogens (tertiary/aromatic N) is 3. The molecule has 2 heterocycles. The van der Waals surface area contributed by atoms with Crippen LogP contribution in [0.5, 0.6) is 5.75 Å². The third-order valence-corrected chi connectivity index (χ3v) is 4.18. The van der Waals surface area contributed by atoms with Crippen molar-refractivity contribution in [3.05, 3.63) is 35.7 Å². The van der Waals surface area contributed by atoms with Crippen molar-refractivity contribution in [3.8, 4) is 5.75 Å². The summed E-state index contributed by atoms with van der Waals surface area (Å²) in [6.07, 6.45) is 0.277. The number of hydrogen-bond acceptors (Lipinski definition) is 5. The first-order valence-electron chi connectivity index (χ1n) is 6.60. The molecule has 0 spiro atoms. The zero-order valence-electron chi connectivity index (χ0n) is 11.7. The Morgan fingerprint density at radius 1 is 1.33 bits per heavy atom. The first-order chi connectivity index (χ1) is 9.88. The number of ether oxygens (including phenoxy) is 1. The molecule has 7 nitrogen and oxygen atoms in total. The van der Waals surface area contributed by atoms with Crippen molar-refractivity contribution in [2.45, 2.75) is 37.6 Å². The number of sulfonamides is 1. The number of fused-ring (bicyclic) bond motifs is 1. The van der Waals surface area contributed by atoms with Crippen LogP contribution in [0.3, 0.4) is 0 Å². The summed E-state index contributed by atoms with van der Waals surface area (Å²) in [5, 5.41) is 12.7. The van der Waals surface area contributed by atoms with Gasteiger partial charge in [0.2, 0.25) is 0 Å². The van der Waals surface area contributed by atoms with E-state index in [0.29, 0.717) is 12.2 Å². The van der Waals surface area contributed by atoms with E-state index in [0.717, 1.165) is 11.3 Å². The Labute approximate surface area is 122 Å². The van der Waals surface area contributed by atoms with E-state index >= 15 is 0 Å². The van der Waals surface area contributed by atoms with E-state index < -0.39 is 10.0 Å². The molecule has 2 N–H and O–H groups in total. The Bertz CT molecular complexity index is 757. The van der Waals surface area contributed by atoms with Gasteiger partial charge in [-0.25, -0.2) is 13.6 Å². The predicted octanol–water partition coefficient (Wildman–Crippen LogP) is 1.18. The molecule has 1 atom stereocenters. The first-order valence-corrected chi connectivity index (χ1v) is 8.14. The Balaban J connectivity index is 2.04. The van der Waals surface area contributed by atoms with Gasteiger partial charge in [0.05, 0.1) is 0 Å². The summed E-state index contributed by atoms with van der Waals surface area (Å²) >= 11 is 0.